The van der Waals surface area contributed by atoms with Gasteiger partial charge in [0.25, 0.3) is 0 Å². The van der Waals surface area contributed by atoms with Gasteiger partial charge in [-0.15, -0.1) is 0 Å². The van der Waals surface area contributed by atoms with E-state index in [0.717, 1.165) is 0 Å². The zero-order chi connectivity index (χ0) is 16.4. The normalized spacial score (nSPS) is 12.0. The standard InChI is InChI=1S/C24H15N/c1-2-7-17-12-19-14-23-21(13-18(19)11-16(17)6-1)24-20-8-4-3-5-15(20)9-10-22(24)25-23/h1-14,25H. The molecule has 0 spiro atoms. The summed E-state index contributed by atoms with van der Waals surface area (Å²) in [6.45, 7) is 0. The van der Waals surface area contributed by atoms with Crippen molar-refractivity contribution >= 4 is 54.1 Å². The minimum atomic E-state index is 1.20. The molecule has 5 aromatic carbocycles. The van der Waals surface area contributed by atoms with E-state index in [0.29, 0.717) is 0 Å². The van der Waals surface area contributed by atoms with Gasteiger partial charge < -0.3 is 4.98 Å². The van der Waals surface area contributed by atoms with Crippen molar-refractivity contribution in [3.05, 3.63) is 84.9 Å². The molecule has 116 valence electrons. The average Bonchev–Trinajstić information content (AvgIpc) is 3.02. The van der Waals surface area contributed by atoms with E-state index in [4.69, 9.17) is 0 Å². The van der Waals surface area contributed by atoms with Crippen molar-refractivity contribution in [2.24, 2.45) is 0 Å². The van der Waals surface area contributed by atoms with Gasteiger partial charge in [-0.25, -0.2) is 0 Å². The maximum absolute atomic E-state index is 3.61. The van der Waals surface area contributed by atoms with Crippen LogP contribution in [0.1, 0.15) is 0 Å². The maximum atomic E-state index is 3.61. The molecule has 0 saturated heterocycles. The SMILES string of the molecule is c1ccc2cc3cc4c(cc3cc2c1)[nH]c1ccc2ccccc2c14. The molecule has 0 aliphatic heterocycles. The first kappa shape index (κ1) is 13.0. The third-order valence-corrected chi connectivity index (χ3v) is 5.31. The molecule has 1 N–H and O–H groups in total. The van der Waals surface area contributed by atoms with Gasteiger partial charge in [-0.2, -0.15) is 0 Å². The van der Waals surface area contributed by atoms with Crippen LogP contribution < -0.4 is 0 Å². The van der Waals surface area contributed by atoms with Crippen LogP contribution in [0.2, 0.25) is 0 Å². The summed E-state index contributed by atoms with van der Waals surface area (Å²) in [6, 6.07) is 30.8. The van der Waals surface area contributed by atoms with Crippen LogP contribution in [0.15, 0.2) is 84.9 Å². The number of H-pyrrole nitrogens is 1. The molecule has 1 aromatic heterocycles. The van der Waals surface area contributed by atoms with Crippen molar-refractivity contribution in [3.63, 3.8) is 0 Å². The van der Waals surface area contributed by atoms with E-state index < -0.39 is 0 Å². The molecule has 0 aliphatic carbocycles. The first-order chi connectivity index (χ1) is 12.4. The van der Waals surface area contributed by atoms with E-state index in [2.05, 4.69) is 89.9 Å². The van der Waals surface area contributed by atoms with Gasteiger partial charge in [0, 0.05) is 21.8 Å². The Bertz CT molecular complexity index is 1440. The number of benzene rings is 5. The molecule has 25 heavy (non-hydrogen) atoms. The molecule has 0 amide bonds. The minimum absolute atomic E-state index is 1.20. The molecule has 0 saturated carbocycles. The molecule has 0 atom stereocenters. The Morgan fingerprint density at radius 1 is 0.440 bits per heavy atom. The van der Waals surface area contributed by atoms with Gasteiger partial charge in [0.1, 0.15) is 0 Å². The molecule has 6 rings (SSSR count). The van der Waals surface area contributed by atoms with Crippen molar-refractivity contribution in [3.8, 4) is 0 Å². The van der Waals surface area contributed by atoms with Crippen LogP contribution in [-0.4, -0.2) is 4.98 Å². The summed E-state index contributed by atoms with van der Waals surface area (Å²) in [6.07, 6.45) is 0. The second-order valence-corrected chi connectivity index (χ2v) is 6.78. The highest BCUT2D eigenvalue weighted by Crippen LogP contribution is 2.35. The Morgan fingerprint density at radius 2 is 1.12 bits per heavy atom. The predicted octanol–water partition coefficient (Wildman–Crippen LogP) is 6.78. The van der Waals surface area contributed by atoms with Crippen molar-refractivity contribution in [2.45, 2.75) is 0 Å². The predicted molar refractivity (Wildman–Crippen MR) is 108 cm³/mol. The maximum Gasteiger partial charge on any atom is 0.0471 e. The molecule has 0 unspecified atom stereocenters. The molecule has 0 radical (unpaired) electrons. The number of nitrogens with one attached hydrogen (secondary N) is 1. The largest absolute Gasteiger partial charge is 0.354 e. The molecule has 1 heteroatoms. The first-order valence-corrected chi connectivity index (χ1v) is 8.62. The number of fused-ring (bicyclic) bond motifs is 7. The Kier molecular flexibility index (Phi) is 2.40. The number of hydrogen-bond donors (Lipinski definition) is 1. The molecule has 0 bridgehead atoms. The monoisotopic (exact) mass is 317 g/mol. The van der Waals surface area contributed by atoms with Gasteiger partial charge in [-0.1, -0.05) is 54.6 Å². The second kappa shape index (κ2) is 4.61. The highest BCUT2D eigenvalue weighted by atomic mass is 14.7. The minimum Gasteiger partial charge on any atom is -0.354 e. The van der Waals surface area contributed by atoms with Gasteiger partial charge >= 0.3 is 0 Å². The third kappa shape index (κ3) is 1.78. The van der Waals surface area contributed by atoms with Crippen molar-refractivity contribution in [1.29, 1.82) is 0 Å². The summed E-state index contributed by atoms with van der Waals surface area (Å²) in [5.74, 6) is 0. The van der Waals surface area contributed by atoms with E-state index in [1.807, 2.05) is 0 Å². The lowest BCUT2D eigenvalue weighted by atomic mass is 9.99. The number of aromatic nitrogens is 1. The quantitative estimate of drug-likeness (QED) is 0.297. The van der Waals surface area contributed by atoms with Crippen molar-refractivity contribution < 1.29 is 0 Å². The van der Waals surface area contributed by atoms with Crippen LogP contribution in [0.25, 0.3) is 54.1 Å². The van der Waals surface area contributed by atoms with Gasteiger partial charge in [0.15, 0.2) is 0 Å². The van der Waals surface area contributed by atoms with E-state index in [9.17, 15) is 0 Å². The molecular weight excluding hydrogens is 302 g/mol. The number of hydrogen-bond acceptors (Lipinski definition) is 0. The molecule has 1 nitrogen and oxygen atoms in total. The Morgan fingerprint density at radius 3 is 1.92 bits per heavy atom. The highest BCUT2D eigenvalue weighted by Gasteiger charge is 2.09. The Balaban J connectivity index is 1.83. The van der Waals surface area contributed by atoms with Gasteiger partial charge in [0.2, 0.25) is 0 Å². The van der Waals surface area contributed by atoms with E-state index in [1.165, 1.54) is 54.1 Å². The average molecular weight is 317 g/mol. The van der Waals surface area contributed by atoms with E-state index in [-0.39, 0.29) is 0 Å². The van der Waals surface area contributed by atoms with Crippen LogP contribution in [-0.2, 0) is 0 Å². The smallest absolute Gasteiger partial charge is 0.0471 e. The van der Waals surface area contributed by atoms with Crippen LogP contribution in [0, 0.1) is 0 Å². The van der Waals surface area contributed by atoms with Gasteiger partial charge in [-0.3, -0.25) is 0 Å². The van der Waals surface area contributed by atoms with Crippen LogP contribution in [0.4, 0.5) is 0 Å². The zero-order valence-electron chi connectivity index (χ0n) is 13.6. The summed E-state index contributed by atoms with van der Waals surface area (Å²) in [5, 5.41) is 10.4. The fraction of sp³-hybridized carbons (Fsp3) is 0. The zero-order valence-corrected chi connectivity index (χ0v) is 13.6. The molecular formula is C24H15N. The number of aromatic amines is 1. The molecule has 0 aliphatic rings. The third-order valence-electron chi connectivity index (χ3n) is 5.31. The van der Waals surface area contributed by atoms with Gasteiger partial charge in [-0.05, 0) is 62.6 Å². The lowest BCUT2D eigenvalue weighted by Crippen LogP contribution is -1.77. The van der Waals surface area contributed by atoms with Gasteiger partial charge in [0.05, 0.1) is 0 Å². The van der Waals surface area contributed by atoms with E-state index in [1.54, 1.807) is 0 Å². The molecule has 1 heterocycles. The van der Waals surface area contributed by atoms with E-state index >= 15 is 0 Å². The summed E-state index contributed by atoms with van der Waals surface area (Å²) >= 11 is 0. The van der Waals surface area contributed by atoms with Crippen molar-refractivity contribution in [1.82, 2.24) is 4.98 Å². The Labute approximate surface area is 144 Å². The summed E-state index contributed by atoms with van der Waals surface area (Å²) in [5.41, 5.74) is 2.41. The second-order valence-electron chi connectivity index (χ2n) is 6.78. The fourth-order valence-electron chi connectivity index (χ4n) is 4.11. The molecule has 6 aromatic rings. The topological polar surface area (TPSA) is 15.8 Å². The lowest BCUT2D eigenvalue weighted by Gasteiger charge is -2.04. The van der Waals surface area contributed by atoms with Crippen molar-refractivity contribution in [2.75, 3.05) is 0 Å². The summed E-state index contributed by atoms with van der Waals surface area (Å²) < 4.78 is 0. The number of rotatable bonds is 0. The van der Waals surface area contributed by atoms with Crippen LogP contribution >= 0.6 is 0 Å². The first-order valence-electron chi connectivity index (χ1n) is 8.62. The Hall–Kier alpha value is -3.32. The van der Waals surface area contributed by atoms with Crippen LogP contribution in [0.3, 0.4) is 0 Å². The fourth-order valence-corrected chi connectivity index (χ4v) is 4.11. The van der Waals surface area contributed by atoms with Crippen LogP contribution in [0.5, 0.6) is 0 Å². The highest BCUT2D eigenvalue weighted by molar-refractivity contribution is 6.22. The summed E-state index contributed by atoms with van der Waals surface area (Å²) in [4.78, 5) is 3.61. The molecule has 0 fully saturated rings. The summed E-state index contributed by atoms with van der Waals surface area (Å²) in [7, 11) is 0. The lowest BCUT2D eigenvalue weighted by molar-refractivity contribution is 1.56.